The Labute approximate surface area is 506 Å². The molecule has 0 saturated carbocycles. The molecule has 0 spiro atoms. The molecule has 1 nitrogen and oxygen atoms in total. The Morgan fingerprint density at radius 3 is 1.31 bits per heavy atom. The van der Waals surface area contributed by atoms with E-state index in [9.17, 15) is 0 Å². The van der Waals surface area contributed by atoms with Gasteiger partial charge in [0.15, 0.2) is 0 Å². The van der Waals surface area contributed by atoms with Crippen LogP contribution in [0.25, 0.3) is 127 Å². The first-order chi connectivity index (χ1) is 42.6. The van der Waals surface area contributed by atoms with Crippen LogP contribution in [0.15, 0.2) is 328 Å². The molecule has 0 unspecified atom stereocenters. The number of aryl methyl sites for hydroxylation is 1. The third-order valence-corrected chi connectivity index (χ3v) is 16.8. The van der Waals surface area contributed by atoms with E-state index < -0.39 is 0 Å². The summed E-state index contributed by atoms with van der Waals surface area (Å²) in [7, 11) is 0. The molecule has 15 aromatic rings. The van der Waals surface area contributed by atoms with Crippen LogP contribution in [0.3, 0.4) is 0 Å². The Bertz CT molecular complexity index is 4750. The molecule has 0 amide bonds. The molecule has 1 heterocycles. The molecule has 1 heteroatoms. The zero-order valence-electron chi connectivity index (χ0n) is 49.0. The van der Waals surface area contributed by atoms with Crippen molar-refractivity contribution in [1.29, 1.82) is 0 Å². The fourth-order valence-corrected chi connectivity index (χ4v) is 12.6. The summed E-state index contributed by atoms with van der Waals surface area (Å²) in [6.07, 6.45) is 6.62. The second-order valence-corrected chi connectivity index (χ2v) is 21.9. The van der Waals surface area contributed by atoms with Crippen molar-refractivity contribution in [2.75, 3.05) is 0 Å². The summed E-state index contributed by atoms with van der Waals surface area (Å²) in [6, 6.07) is 114. The van der Waals surface area contributed by atoms with Crippen LogP contribution >= 0.6 is 0 Å². The molecule has 0 N–H and O–H groups in total. The van der Waals surface area contributed by atoms with Crippen LogP contribution in [-0.2, 0) is 6.42 Å². The second-order valence-electron chi connectivity index (χ2n) is 21.9. The Kier molecular flexibility index (Phi) is 15.9. The summed E-state index contributed by atoms with van der Waals surface area (Å²) in [5, 5.41) is 13.1. The highest BCUT2D eigenvalue weighted by Crippen LogP contribution is 2.45. The van der Waals surface area contributed by atoms with E-state index in [4.69, 9.17) is 0 Å². The molecule has 0 saturated heterocycles. The Hall–Kier alpha value is -10.6. The van der Waals surface area contributed by atoms with Crippen molar-refractivity contribution in [3.05, 3.63) is 344 Å². The molecule has 86 heavy (non-hydrogen) atoms. The second kappa shape index (κ2) is 25.1. The largest absolute Gasteiger partial charge is 0.309 e. The predicted molar refractivity (Wildman–Crippen MR) is 372 cm³/mol. The Balaban J connectivity index is 0.000000155. The summed E-state index contributed by atoms with van der Waals surface area (Å²) in [5.41, 5.74) is 20.0. The average molecular weight is 1100 g/mol. The third kappa shape index (κ3) is 11.0. The topological polar surface area (TPSA) is 4.93 Å². The van der Waals surface area contributed by atoms with Crippen molar-refractivity contribution in [2.45, 2.75) is 33.6 Å². The molecule has 0 fully saturated rings. The number of aromatic nitrogens is 1. The van der Waals surface area contributed by atoms with E-state index >= 15 is 0 Å². The highest BCUT2D eigenvalue weighted by molar-refractivity contribution is 6.25. The standard InChI is InChI=1S/C42H29N.C41H32.C2H6/c1-4-14-30(15-5-1)39-28-29-40(43(39)34-18-8-3-9-19-34)31-24-26-33(27-25-31)42-37-22-12-10-20-35(37)41(32-16-6-2-7-17-32)36-21-11-13-23-38(36)42;1-29(15-17-33(32-11-6-3-7-12-32)18-16-30-9-4-2-5-10-30)31-19-21-34(22-20-31)38-27-25-37-24-23-35-13-8-14-36-26-28-39(38)41(37)40(35)36;1-2/h1-29H;2-15,17,19-28H,16,18H2,1H3;1-2H3/b;29-15+,33-17+;. The lowest BCUT2D eigenvalue weighted by atomic mass is 9.86. The molecule has 0 atom stereocenters. The molecular formula is C85H67N. The smallest absolute Gasteiger partial charge is 0.0535 e. The molecule has 1 aromatic heterocycles. The van der Waals surface area contributed by atoms with E-state index in [1.54, 1.807) is 0 Å². The van der Waals surface area contributed by atoms with Crippen LogP contribution in [0.4, 0.5) is 0 Å². The zero-order chi connectivity index (χ0) is 58.2. The van der Waals surface area contributed by atoms with Crippen molar-refractivity contribution in [1.82, 2.24) is 4.57 Å². The van der Waals surface area contributed by atoms with Gasteiger partial charge in [-0.1, -0.05) is 317 Å². The predicted octanol–water partition coefficient (Wildman–Crippen LogP) is 23.8. The first-order valence-corrected chi connectivity index (χ1v) is 30.3. The average Bonchev–Trinajstić information content (AvgIpc) is 1.18. The van der Waals surface area contributed by atoms with Gasteiger partial charge in [-0.25, -0.2) is 0 Å². The van der Waals surface area contributed by atoms with Crippen molar-refractivity contribution in [2.24, 2.45) is 0 Å². The highest BCUT2D eigenvalue weighted by atomic mass is 15.0. The maximum Gasteiger partial charge on any atom is 0.0535 e. The SMILES string of the molecule is C/C(=C\C=C(/CCc1ccccc1)c1ccccc1)c1ccc(-c2ccc3ccc4cccc5ccc2c3c45)cc1.CC.c1ccc(-c2c3ccccc3c(-c3ccc(-c4ccc(-c5ccccc5)n4-c4ccccc4)cc3)c3ccccc23)cc1. The number of fused-ring (bicyclic) bond motifs is 2. The van der Waals surface area contributed by atoms with E-state index in [-0.39, 0.29) is 0 Å². The van der Waals surface area contributed by atoms with Crippen LogP contribution in [-0.4, -0.2) is 4.57 Å². The zero-order valence-corrected chi connectivity index (χ0v) is 49.0. The lowest BCUT2D eigenvalue weighted by molar-refractivity contribution is 1.02. The minimum atomic E-state index is 1.01. The van der Waals surface area contributed by atoms with Gasteiger partial charge in [0.25, 0.3) is 0 Å². The number of hydrogen-bond donors (Lipinski definition) is 0. The number of hydrogen-bond acceptors (Lipinski definition) is 0. The number of para-hydroxylation sites is 1. The summed E-state index contributed by atoms with van der Waals surface area (Å²) in [5.74, 6) is 0. The van der Waals surface area contributed by atoms with E-state index in [2.05, 4.69) is 339 Å². The van der Waals surface area contributed by atoms with Gasteiger partial charge < -0.3 is 4.57 Å². The van der Waals surface area contributed by atoms with Crippen molar-refractivity contribution in [3.8, 4) is 61.6 Å². The minimum absolute atomic E-state index is 1.01. The molecule has 0 aliphatic rings. The minimum Gasteiger partial charge on any atom is -0.309 e. The molecule has 0 radical (unpaired) electrons. The molecular weight excluding hydrogens is 1030 g/mol. The van der Waals surface area contributed by atoms with E-state index in [0.717, 1.165) is 18.5 Å². The van der Waals surface area contributed by atoms with Gasteiger partial charge in [0.1, 0.15) is 0 Å². The molecule has 412 valence electrons. The number of benzene rings is 14. The monoisotopic (exact) mass is 1100 g/mol. The fourth-order valence-electron chi connectivity index (χ4n) is 12.6. The van der Waals surface area contributed by atoms with Gasteiger partial charge in [-0.2, -0.15) is 0 Å². The van der Waals surface area contributed by atoms with Gasteiger partial charge in [-0.05, 0) is 170 Å². The maximum atomic E-state index is 2.36. The van der Waals surface area contributed by atoms with Crippen molar-refractivity contribution < 1.29 is 0 Å². The molecule has 14 aromatic carbocycles. The van der Waals surface area contributed by atoms with Crippen molar-refractivity contribution >= 4 is 65.0 Å². The lowest BCUT2D eigenvalue weighted by Gasteiger charge is -2.18. The molecule has 0 aliphatic heterocycles. The first kappa shape index (κ1) is 54.6. The van der Waals surface area contributed by atoms with E-state index in [1.165, 1.54) is 138 Å². The van der Waals surface area contributed by atoms with Gasteiger partial charge in [-0.3, -0.25) is 0 Å². The van der Waals surface area contributed by atoms with Crippen LogP contribution in [0.5, 0.6) is 0 Å². The molecule has 15 rings (SSSR count). The van der Waals surface area contributed by atoms with Gasteiger partial charge >= 0.3 is 0 Å². The quantitative estimate of drug-likeness (QED) is 0.0653. The summed E-state index contributed by atoms with van der Waals surface area (Å²) < 4.78 is 2.36. The summed E-state index contributed by atoms with van der Waals surface area (Å²) >= 11 is 0. The van der Waals surface area contributed by atoms with E-state index in [1.807, 2.05) is 13.8 Å². The summed E-state index contributed by atoms with van der Waals surface area (Å²) in [6.45, 7) is 6.21. The number of nitrogens with zero attached hydrogens (tertiary/aromatic N) is 1. The van der Waals surface area contributed by atoms with E-state index in [0.29, 0.717) is 0 Å². The van der Waals surface area contributed by atoms with Crippen molar-refractivity contribution in [3.63, 3.8) is 0 Å². The van der Waals surface area contributed by atoms with Gasteiger partial charge in [-0.15, -0.1) is 0 Å². The van der Waals surface area contributed by atoms with Gasteiger partial charge in [0.05, 0.1) is 11.4 Å². The van der Waals surface area contributed by atoms with Gasteiger partial charge in [0, 0.05) is 5.69 Å². The van der Waals surface area contributed by atoms with Crippen LogP contribution in [0, 0.1) is 0 Å². The number of allylic oxidation sites excluding steroid dienone is 4. The number of rotatable bonds is 12. The Morgan fingerprint density at radius 1 is 0.314 bits per heavy atom. The van der Waals surface area contributed by atoms with Crippen LogP contribution < -0.4 is 0 Å². The Morgan fingerprint density at radius 2 is 0.744 bits per heavy atom. The fraction of sp³-hybridized carbons (Fsp3) is 0.0588. The lowest BCUT2D eigenvalue weighted by Crippen LogP contribution is -1.99. The normalized spacial score (nSPS) is 11.7. The first-order valence-electron chi connectivity index (χ1n) is 30.3. The van der Waals surface area contributed by atoms with Gasteiger partial charge in [0.2, 0.25) is 0 Å². The molecule has 0 bridgehead atoms. The third-order valence-electron chi connectivity index (χ3n) is 16.8. The molecule has 0 aliphatic carbocycles. The van der Waals surface area contributed by atoms with Crippen LogP contribution in [0.2, 0.25) is 0 Å². The van der Waals surface area contributed by atoms with Crippen LogP contribution in [0.1, 0.15) is 43.9 Å². The maximum absolute atomic E-state index is 2.36. The highest BCUT2D eigenvalue weighted by Gasteiger charge is 2.19. The summed E-state index contributed by atoms with van der Waals surface area (Å²) in [4.78, 5) is 0.